The van der Waals surface area contributed by atoms with Gasteiger partial charge in [0, 0.05) is 0 Å². The lowest BCUT2D eigenvalue weighted by molar-refractivity contribution is -0.208. The lowest BCUT2D eigenvalue weighted by Crippen LogP contribution is -2.25. The SMILES string of the molecule is CCCC1CCC(OC(=O)OOC(=O)c2ccc(C)cc2)CC1. The van der Waals surface area contributed by atoms with Crippen molar-refractivity contribution in [3.8, 4) is 0 Å². The summed E-state index contributed by atoms with van der Waals surface area (Å²) in [5.41, 5.74) is 1.35. The van der Waals surface area contributed by atoms with E-state index in [9.17, 15) is 9.59 Å². The summed E-state index contributed by atoms with van der Waals surface area (Å²) < 4.78 is 5.18. The highest BCUT2D eigenvalue weighted by molar-refractivity contribution is 5.89. The van der Waals surface area contributed by atoms with Crippen molar-refractivity contribution in [1.82, 2.24) is 0 Å². The van der Waals surface area contributed by atoms with Crippen LogP contribution in [0.3, 0.4) is 0 Å². The van der Waals surface area contributed by atoms with Crippen LogP contribution in [0.2, 0.25) is 0 Å². The van der Waals surface area contributed by atoms with E-state index in [-0.39, 0.29) is 6.10 Å². The molecule has 1 aromatic rings. The van der Waals surface area contributed by atoms with Gasteiger partial charge in [0.15, 0.2) is 0 Å². The Morgan fingerprint density at radius 2 is 1.70 bits per heavy atom. The number of benzene rings is 1. The van der Waals surface area contributed by atoms with Crippen LogP contribution in [0.25, 0.3) is 0 Å². The van der Waals surface area contributed by atoms with E-state index in [2.05, 4.69) is 16.7 Å². The van der Waals surface area contributed by atoms with Crippen LogP contribution in [-0.4, -0.2) is 18.2 Å². The van der Waals surface area contributed by atoms with Crippen molar-refractivity contribution in [2.24, 2.45) is 5.92 Å². The predicted octanol–water partition coefficient (Wildman–Crippen LogP) is 4.58. The smallest absolute Gasteiger partial charge is 0.428 e. The Morgan fingerprint density at radius 3 is 2.30 bits per heavy atom. The number of hydrogen-bond donors (Lipinski definition) is 0. The molecule has 1 aliphatic rings. The molecule has 0 atom stereocenters. The van der Waals surface area contributed by atoms with Gasteiger partial charge in [0.2, 0.25) is 0 Å². The van der Waals surface area contributed by atoms with Crippen molar-refractivity contribution < 1.29 is 24.1 Å². The molecule has 5 nitrogen and oxygen atoms in total. The fourth-order valence-corrected chi connectivity index (χ4v) is 2.91. The van der Waals surface area contributed by atoms with Crippen molar-refractivity contribution in [3.63, 3.8) is 0 Å². The third kappa shape index (κ3) is 5.58. The first-order valence-electron chi connectivity index (χ1n) is 8.24. The van der Waals surface area contributed by atoms with E-state index in [0.29, 0.717) is 5.56 Å². The second-order valence-corrected chi connectivity index (χ2v) is 6.12. The molecule has 0 aliphatic heterocycles. The molecule has 126 valence electrons. The Bertz CT molecular complexity index is 515. The summed E-state index contributed by atoms with van der Waals surface area (Å²) in [6, 6.07) is 6.79. The maximum Gasteiger partial charge on any atom is 0.550 e. The summed E-state index contributed by atoms with van der Waals surface area (Å²) in [5, 5.41) is 0. The van der Waals surface area contributed by atoms with Crippen molar-refractivity contribution >= 4 is 12.1 Å². The summed E-state index contributed by atoms with van der Waals surface area (Å²) in [6.07, 6.45) is 5.12. The van der Waals surface area contributed by atoms with Crippen LogP contribution >= 0.6 is 0 Å². The molecule has 0 N–H and O–H groups in total. The summed E-state index contributed by atoms with van der Waals surface area (Å²) in [4.78, 5) is 32.3. The van der Waals surface area contributed by atoms with Gasteiger partial charge in [0.25, 0.3) is 0 Å². The molecule has 0 aromatic heterocycles. The van der Waals surface area contributed by atoms with Crippen LogP contribution in [0.5, 0.6) is 0 Å². The molecule has 0 radical (unpaired) electrons. The summed E-state index contributed by atoms with van der Waals surface area (Å²) in [7, 11) is 0. The molecule has 0 saturated heterocycles. The van der Waals surface area contributed by atoms with Crippen LogP contribution in [0.1, 0.15) is 61.4 Å². The second-order valence-electron chi connectivity index (χ2n) is 6.12. The molecule has 0 heterocycles. The van der Waals surface area contributed by atoms with Crippen LogP contribution in [0.15, 0.2) is 24.3 Å². The van der Waals surface area contributed by atoms with E-state index in [4.69, 9.17) is 4.74 Å². The zero-order valence-corrected chi connectivity index (χ0v) is 13.7. The van der Waals surface area contributed by atoms with Crippen molar-refractivity contribution in [3.05, 3.63) is 35.4 Å². The molecule has 0 spiro atoms. The number of ether oxygens (including phenoxy) is 1. The van der Waals surface area contributed by atoms with Crippen molar-refractivity contribution in [1.29, 1.82) is 0 Å². The average molecular weight is 320 g/mol. The Balaban J connectivity index is 1.69. The van der Waals surface area contributed by atoms with Crippen molar-refractivity contribution in [2.75, 3.05) is 0 Å². The van der Waals surface area contributed by atoms with Gasteiger partial charge in [-0.15, -0.1) is 0 Å². The molecule has 1 fully saturated rings. The van der Waals surface area contributed by atoms with Gasteiger partial charge in [0.05, 0.1) is 5.56 Å². The first-order chi connectivity index (χ1) is 11.1. The van der Waals surface area contributed by atoms with Gasteiger partial charge in [-0.3, -0.25) is 0 Å². The van der Waals surface area contributed by atoms with Gasteiger partial charge in [-0.2, -0.15) is 4.79 Å². The minimum Gasteiger partial charge on any atom is -0.428 e. The molecule has 0 bridgehead atoms. The third-order valence-electron chi connectivity index (χ3n) is 4.23. The highest BCUT2D eigenvalue weighted by Gasteiger charge is 2.25. The van der Waals surface area contributed by atoms with Gasteiger partial charge in [-0.25, -0.2) is 14.6 Å². The molecule has 5 heteroatoms. The Morgan fingerprint density at radius 1 is 1.04 bits per heavy atom. The number of hydrogen-bond acceptors (Lipinski definition) is 5. The fraction of sp³-hybridized carbons (Fsp3) is 0.556. The standard InChI is InChI=1S/C18H24O5/c1-3-4-14-7-11-16(12-8-14)21-18(20)23-22-17(19)15-9-5-13(2)6-10-15/h5-6,9-10,14,16H,3-4,7-8,11-12H2,1-2H3. The van der Waals surface area contributed by atoms with Gasteiger partial charge < -0.3 is 4.74 Å². The monoisotopic (exact) mass is 320 g/mol. The van der Waals surface area contributed by atoms with Crippen LogP contribution in [0.4, 0.5) is 4.79 Å². The zero-order chi connectivity index (χ0) is 16.7. The topological polar surface area (TPSA) is 61.8 Å². The molecule has 1 saturated carbocycles. The van der Waals surface area contributed by atoms with Crippen molar-refractivity contribution in [2.45, 2.75) is 58.5 Å². The first-order valence-corrected chi connectivity index (χ1v) is 8.24. The molecule has 23 heavy (non-hydrogen) atoms. The fourth-order valence-electron chi connectivity index (χ4n) is 2.91. The zero-order valence-electron chi connectivity index (χ0n) is 13.7. The van der Waals surface area contributed by atoms with Gasteiger partial charge in [-0.05, 0) is 50.7 Å². The van der Waals surface area contributed by atoms with Gasteiger partial charge in [0.1, 0.15) is 6.10 Å². The minimum absolute atomic E-state index is 0.145. The summed E-state index contributed by atoms with van der Waals surface area (Å²) in [5.74, 6) is 0.0174. The largest absolute Gasteiger partial charge is 0.550 e. The quantitative estimate of drug-likeness (QED) is 0.461. The number of carbonyl (C=O) groups excluding carboxylic acids is 2. The number of aryl methyl sites for hydroxylation is 1. The molecule has 0 amide bonds. The van der Waals surface area contributed by atoms with E-state index in [1.165, 1.54) is 12.8 Å². The third-order valence-corrected chi connectivity index (χ3v) is 4.23. The number of carbonyl (C=O) groups is 2. The minimum atomic E-state index is -0.954. The molecular weight excluding hydrogens is 296 g/mol. The number of rotatable bonds is 4. The highest BCUT2D eigenvalue weighted by Crippen LogP contribution is 2.29. The summed E-state index contributed by atoms with van der Waals surface area (Å²) in [6.45, 7) is 4.10. The highest BCUT2D eigenvalue weighted by atomic mass is 17.2. The van der Waals surface area contributed by atoms with E-state index in [0.717, 1.165) is 37.2 Å². The maximum atomic E-state index is 11.7. The van der Waals surface area contributed by atoms with Gasteiger partial charge >= 0.3 is 12.1 Å². The molecule has 1 aromatic carbocycles. The second kappa shape index (κ2) is 8.56. The Hall–Kier alpha value is -2.04. The first kappa shape index (κ1) is 17.3. The van der Waals surface area contributed by atoms with Crippen LogP contribution in [-0.2, 0) is 14.5 Å². The Kier molecular flexibility index (Phi) is 6.44. The maximum absolute atomic E-state index is 11.7. The molecule has 0 unspecified atom stereocenters. The average Bonchev–Trinajstić information content (AvgIpc) is 2.55. The lowest BCUT2D eigenvalue weighted by atomic mass is 9.85. The molecular formula is C18H24O5. The molecule has 1 aliphatic carbocycles. The predicted molar refractivity (Wildman–Crippen MR) is 84.8 cm³/mol. The summed E-state index contributed by atoms with van der Waals surface area (Å²) >= 11 is 0. The van der Waals surface area contributed by atoms with Crippen LogP contribution in [0, 0.1) is 12.8 Å². The van der Waals surface area contributed by atoms with Crippen LogP contribution < -0.4 is 0 Å². The van der Waals surface area contributed by atoms with E-state index < -0.39 is 12.1 Å². The van der Waals surface area contributed by atoms with Gasteiger partial charge in [-0.1, -0.05) is 37.5 Å². The normalized spacial score (nSPS) is 20.6. The van der Waals surface area contributed by atoms with E-state index >= 15 is 0 Å². The lowest BCUT2D eigenvalue weighted by Gasteiger charge is -2.27. The van der Waals surface area contributed by atoms with E-state index in [1.807, 2.05) is 6.92 Å². The Labute approximate surface area is 136 Å². The molecule has 2 rings (SSSR count). The van der Waals surface area contributed by atoms with E-state index in [1.54, 1.807) is 24.3 Å².